The molecule has 4 nitrogen and oxygen atoms in total. The molecule has 0 N–H and O–H groups in total. The summed E-state index contributed by atoms with van der Waals surface area (Å²) >= 11 is 5.61. The van der Waals surface area contributed by atoms with E-state index in [1.54, 1.807) is 30.5 Å². The van der Waals surface area contributed by atoms with Crippen molar-refractivity contribution in [2.75, 3.05) is 0 Å². The molecular formula is C10H5ClN4. The third kappa shape index (κ3) is 2.09. The Hall–Kier alpha value is -1.99. The summed E-state index contributed by atoms with van der Waals surface area (Å²) in [5, 5.41) is 16.5. The number of rotatable bonds is 1. The molecule has 0 bridgehead atoms. The first-order valence-electron chi connectivity index (χ1n) is 4.15. The van der Waals surface area contributed by atoms with Crippen LogP contribution in [0.4, 0.5) is 0 Å². The summed E-state index contributed by atoms with van der Waals surface area (Å²) in [4.78, 5) is 3.93. The highest BCUT2D eigenvalue weighted by atomic mass is 35.5. The zero-order valence-electron chi connectivity index (χ0n) is 7.55. The predicted molar refractivity (Wildman–Crippen MR) is 55.0 cm³/mol. The average molecular weight is 217 g/mol. The molecule has 0 radical (unpaired) electrons. The Balaban J connectivity index is 2.38. The van der Waals surface area contributed by atoms with E-state index in [9.17, 15) is 0 Å². The number of pyridine rings is 1. The van der Waals surface area contributed by atoms with Crippen LogP contribution in [0.3, 0.4) is 0 Å². The highest BCUT2D eigenvalue weighted by molar-refractivity contribution is 6.29. The van der Waals surface area contributed by atoms with Crippen molar-refractivity contribution in [3.63, 3.8) is 0 Å². The van der Waals surface area contributed by atoms with Crippen molar-refractivity contribution >= 4 is 11.6 Å². The molecule has 72 valence electrons. The molecule has 2 aromatic rings. The third-order valence-electron chi connectivity index (χ3n) is 1.81. The molecule has 0 atom stereocenters. The van der Waals surface area contributed by atoms with E-state index in [0.717, 1.165) is 5.56 Å². The summed E-state index contributed by atoms with van der Waals surface area (Å²) in [7, 11) is 0. The van der Waals surface area contributed by atoms with Gasteiger partial charge in [0, 0.05) is 11.8 Å². The van der Waals surface area contributed by atoms with E-state index in [-0.39, 0.29) is 0 Å². The van der Waals surface area contributed by atoms with Crippen molar-refractivity contribution in [1.29, 1.82) is 5.26 Å². The van der Waals surface area contributed by atoms with Crippen LogP contribution in [0.15, 0.2) is 30.5 Å². The van der Waals surface area contributed by atoms with Crippen molar-refractivity contribution in [3.05, 3.63) is 41.3 Å². The lowest BCUT2D eigenvalue weighted by Gasteiger charge is -1.98. The van der Waals surface area contributed by atoms with Crippen molar-refractivity contribution in [1.82, 2.24) is 15.2 Å². The van der Waals surface area contributed by atoms with Gasteiger partial charge in [0.05, 0.1) is 5.69 Å². The molecule has 2 rings (SSSR count). The van der Waals surface area contributed by atoms with Gasteiger partial charge in [-0.25, -0.2) is 4.98 Å². The Kier molecular flexibility index (Phi) is 2.57. The Bertz CT molecular complexity index is 498. The van der Waals surface area contributed by atoms with Gasteiger partial charge in [-0.15, -0.1) is 10.2 Å². The van der Waals surface area contributed by atoms with E-state index < -0.39 is 0 Å². The fraction of sp³-hybridized carbons (Fsp3) is 0. The number of nitriles is 1. The molecular weight excluding hydrogens is 212 g/mol. The fourth-order valence-corrected chi connectivity index (χ4v) is 1.18. The van der Waals surface area contributed by atoms with Crippen molar-refractivity contribution in [2.45, 2.75) is 0 Å². The Morgan fingerprint density at radius 1 is 1.13 bits per heavy atom. The molecule has 0 saturated carbocycles. The summed E-state index contributed by atoms with van der Waals surface area (Å²) in [5.41, 5.74) is 1.86. The lowest BCUT2D eigenvalue weighted by Crippen LogP contribution is -1.89. The number of aromatic nitrogens is 3. The summed E-state index contributed by atoms with van der Waals surface area (Å²) < 4.78 is 0. The first-order valence-corrected chi connectivity index (χ1v) is 4.53. The molecule has 2 aromatic heterocycles. The van der Waals surface area contributed by atoms with Crippen LogP contribution in [0.25, 0.3) is 11.3 Å². The second kappa shape index (κ2) is 4.03. The van der Waals surface area contributed by atoms with E-state index in [1.165, 1.54) is 0 Å². The summed E-state index contributed by atoms with van der Waals surface area (Å²) in [6.07, 6.45) is 1.58. The van der Waals surface area contributed by atoms with Crippen LogP contribution in [-0.2, 0) is 0 Å². The molecule has 0 aliphatic rings. The number of hydrogen-bond donors (Lipinski definition) is 0. The maximum Gasteiger partial charge on any atom is 0.151 e. The van der Waals surface area contributed by atoms with Gasteiger partial charge in [-0.1, -0.05) is 11.6 Å². The van der Waals surface area contributed by atoms with Gasteiger partial charge in [0.2, 0.25) is 0 Å². The molecule has 0 saturated heterocycles. The fourth-order valence-electron chi connectivity index (χ4n) is 1.08. The minimum absolute atomic E-state index is 0.348. The first kappa shape index (κ1) is 9.56. The number of nitrogens with zero attached hydrogens (tertiary/aromatic N) is 4. The molecule has 0 amide bonds. The van der Waals surface area contributed by atoms with E-state index in [1.807, 2.05) is 6.07 Å². The summed E-state index contributed by atoms with van der Waals surface area (Å²) in [6, 6.07) is 8.75. The van der Waals surface area contributed by atoms with Gasteiger partial charge in [-0.3, -0.25) is 0 Å². The van der Waals surface area contributed by atoms with Crippen molar-refractivity contribution in [3.8, 4) is 17.3 Å². The number of hydrogen-bond acceptors (Lipinski definition) is 4. The van der Waals surface area contributed by atoms with Gasteiger partial charge >= 0.3 is 0 Å². The second-order valence-electron chi connectivity index (χ2n) is 2.79. The third-order valence-corrected chi connectivity index (χ3v) is 2.01. The lowest BCUT2D eigenvalue weighted by atomic mass is 10.2. The zero-order chi connectivity index (χ0) is 10.7. The molecule has 2 heterocycles. The Morgan fingerprint density at radius 2 is 2.00 bits per heavy atom. The van der Waals surface area contributed by atoms with Gasteiger partial charge in [0.1, 0.15) is 11.8 Å². The molecule has 0 spiro atoms. The van der Waals surface area contributed by atoms with E-state index in [2.05, 4.69) is 15.2 Å². The van der Waals surface area contributed by atoms with Crippen LogP contribution in [-0.4, -0.2) is 15.2 Å². The topological polar surface area (TPSA) is 62.5 Å². The normalized spacial score (nSPS) is 9.60. The Morgan fingerprint density at radius 3 is 2.53 bits per heavy atom. The van der Waals surface area contributed by atoms with Gasteiger partial charge in [0.25, 0.3) is 0 Å². The highest BCUT2D eigenvalue weighted by Crippen LogP contribution is 2.15. The van der Waals surface area contributed by atoms with Gasteiger partial charge in [0.15, 0.2) is 5.15 Å². The van der Waals surface area contributed by atoms with E-state index in [0.29, 0.717) is 16.5 Å². The summed E-state index contributed by atoms with van der Waals surface area (Å²) in [6.45, 7) is 0. The maximum atomic E-state index is 8.58. The minimum Gasteiger partial charge on any atom is -0.245 e. The zero-order valence-corrected chi connectivity index (χ0v) is 8.31. The average Bonchev–Trinajstić information content (AvgIpc) is 2.30. The quantitative estimate of drug-likeness (QED) is 0.732. The van der Waals surface area contributed by atoms with Crippen LogP contribution in [0.5, 0.6) is 0 Å². The van der Waals surface area contributed by atoms with Crippen LogP contribution >= 0.6 is 11.6 Å². The predicted octanol–water partition coefficient (Wildman–Crippen LogP) is 2.06. The Labute approximate surface area is 91.2 Å². The molecule has 0 fully saturated rings. The molecule has 5 heteroatoms. The summed E-state index contributed by atoms with van der Waals surface area (Å²) in [5.74, 6) is 0. The van der Waals surface area contributed by atoms with Gasteiger partial charge in [-0.2, -0.15) is 5.26 Å². The smallest absolute Gasteiger partial charge is 0.151 e. The second-order valence-corrected chi connectivity index (χ2v) is 3.17. The first-order chi connectivity index (χ1) is 7.29. The largest absolute Gasteiger partial charge is 0.245 e. The SMILES string of the molecule is N#Cc1ccc(-c2ccc(Cl)nn2)cn1. The molecule has 0 aliphatic heterocycles. The molecule has 0 unspecified atom stereocenters. The molecule has 15 heavy (non-hydrogen) atoms. The van der Waals surface area contributed by atoms with Crippen LogP contribution in [0, 0.1) is 11.3 Å². The minimum atomic E-state index is 0.348. The highest BCUT2D eigenvalue weighted by Gasteiger charge is 2.00. The van der Waals surface area contributed by atoms with E-state index >= 15 is 0 Å². The van der Waals surface area contributed by atoms with Gasteiger partial charge < -0.3 is 0 Å². The van der Waals surface area contributed by atoms with Gasteiger partial charge in [-0.05, 0) is 24.3 Å². The van der Waals surface area contributed by atoms with E-state index in [4.69, 9.17) is 16.9 Å². The lowest BCUT2D eigenvalue weighted by molar-refractivity contribution is 1.04. The number of halogens is 1. The van der Waals surface area contributed by atoms with Crippen molar-refractivity contribution < 1.29 is 0 Å². The molecule has 0 aliphatic carbocycles. The maximum absolute atomic E-state index is 8.58. The monoisotopic (exact) mass is 216 g/mol. The van der Waals surface area contributed by atoms with Crippen LogP contribution in [0.1, 0.15) is 5.69 Å². The van der Waals surface area contributed by atoms with Crippen LogP contribution < -0.4 is 0 Å². The van der Waals surface area contributed by atoms with Crippen LogP contribution in [0.2, 0.25) is 5.15 Å². The standard InChI is InChI=1S/C10H5ClN4/c11-10-4-3-9(14-15-10)7-1-2-8(5-12)13-6-7/h1-4,6H. The van der Waals surface area contributed by atoms with Crippen molar-refractivity contribution in [2.24, 2.45) is 0 Å². The molecule has 0 aromatic carbocycles.